The van der Waals surface area contributed by atoms with Crippen molar-refractivity contribution in [2.24, 2.45) is 0 Å². The molecule has 3 atom stereocenters. The Morgan fingerprint density at radius 2 is 1.09 bits per heavy atom. The summed E-state index contributed by atoms with van der Waals surface area (Å²) in [5.74, 6) is -3.58. The van der Waals surface area contributed by atoms with Crippen LogP contribution in [0.1, 0.15) is 124 Å². The second-order valence-electron chi connectivity index (χ2n) is 9.80. The smallest absolute Gasteiger partial charge is 0.362 e. The lowest BCUT2D eigenvalue weighted by Crippen LogP contribution is -2.74. The summed E-state index contributed by atoms with van der Waals surface area (Å²) in [7, 11) is 0. The van der Waals surface area contributed by atoms with Crippen LogP contribution in [0.4, 0.5) is 0 Å². The molecular formula is C28H51NO6. The number of hydrogen-bond donors (Lipinski definition) is 2. The van der Waals surface area contributed by atoms with Crippen molar-refractivity contribution in [3.8, 4) is 0 Å². The van der Waals surface area contributed by atoms with Gasteiger partial charge in [0.25, 0.3) is 0 Å². The molecule has 0 radical (unpaired) electrons. The van der Waals surface area contributed by atoms with E-state index >= 15 is 0 Å². The minimum absolute atomic E-state index is 0.203. The van der Waals surface area contributed by atoms with Gasteiger partial charge in [-0.2, -0.15) is 0 Å². The molecule has 0 aliphatic rings. The predicted octanol–water partition coefficient (Wildman–Crippen LogP) is 5.32. The Balaban J connectivity index is 5.72. The molecule has 0 aromatic rings. The maximum Gasteiger partial charge on any atom is 0.362 e. The van der Waals surface area contributed by atoms with Crippen molar-refractivity contribution in [1.82, 2.24) is 0 Å². The van der Waals surface area contributed by atoms with Crippen LogP contribution in [0.15, 0.2) is 12.2 Å². The first kappa shape index (κ1) is 33.1. The zero-order chi connectivity index (χ0) is 26.7. The minimum Gasteiger partial charge on any atom is -0.544 e. The SMILES string of the molecule is CCC/C=C/CCCCCCCC[N+](C(CCC)C(=O)[O-])(C(CCC)C(=O)O)C(CCC)C(=O)O. The third-order valence-corrected chi connectivity index (χ3v) is 7.06. The lowest BCUT2D eigenvalue weighted by Gasteiger charge is -2.52. The largest absolute Gasteiger partial charge is 0.544 e. The van der Waals surface area contributed by atoms with Gasteiger partial charge in [0, 0.05) is 19.3 Å². The van der Waals surface area contributed by atoms with Gasteiger partial charge in [-0.3, -0.25) is 4.48 Å². The Kier molecular flexibility index (Phi) is 18.3. The van der Waals surface area contributed by atoms with Gasteiger partial charge in [-0.15, -0.1) is 0 Å². The lowest BCUT2D eigenvalue weighted by molar-refractivity contribution is -0.975. The van der Waals surface area contributed by atoms with E-state index in [4.69, 9.17) is 0 Å². The molecule has 7 heteroatoms. The molecule has 2 N–H and O–H groups in total. The van der Waals surface area contributed by atoms with Gasteiger partial charge in [0.1, 0.15) is 6.04 Å². The molecule has 204 valence electrons. The molecular weight excluding hydrogens is 446 g/mol. The van der Waals surface area contributed by atoms with Crippen molar-refractivity contribution in [2.45, 2.75) is 142 Å². The Hall–Kier alpha value is -1.89. The second-order valence-corrected chi connectivity index (χ2v) is 9.80. The Morgan fingerprint density at radius 1 is 0.657 bits per heavy atom. The number of allylic oxidation sites excluding steroid dienone is 2. The first-order chi connectivity index (χ1) is 16.7. The van der Waals surface area contributed by atoms with E-state index in [0.717, 1.165) is 51.4 Å². The third kappa shape index (κ3) is 11.1. The van der Waals surface area contributed by atoms with Crippen LogP contribution < -0.4 is 5.11 Å². The molecule has 0 bridgehead atoms. The van der Waals surface area contributed by atoms with Gasteiger partial charge in [-0.1, -0.05) is 72.0 Å². The highest BCUT2D eigenvalue weighted by molar-refractivity contribution is 5.77. The predicted molar refractivity (Wildman–Crippen MR) is 138 cm³/mol. The molecule has 0 amide bonds. The van der Waals surface area contributed by atoms with E-state index in [-0.39, 0.29) is 25.8 Å². The van der Waals surface area contributed by atoms with E-state index in [9.17, 15) is 29.7 Å². The van der Waals surface area contributed by atoms with Gasteiger partial charge in [0.15, 0.2) is 12.1 Å². The fourth-order valence-corrected chi connectivity index (χ4v) is 5.39. The molecule has 35 heavy (non-hydrogen) atoms. The van der Waals surface area contributed by atoms with E-state index in [1.54, 1.807) is 0 Å². The summed E-state index contributed by atoms with van der Waals surface area (Å²) in [6, 6.07) is -3.33. The van der Waals surface area contributed by atoms with Crippen molar-refractivity contribution in [3.05, 3.63) is 12.2 Å². The minimum atomic E-state index is -1.34. The summed E-state index contributed by atoms with van der Waals surface area (Å²) < 4.78 is -0.440. The van der Waals surface area contributed by atoms with Crippen molar-refractivity contribution >= 4 is 17.9 Å². The molecule has 0 aliphatic carbocycles. The number of aliphatic carboxylic acids is 3. The number of quaternary nitrogens is 1. The number of carboxylic acids is 3. The lowest BCUT2D eigenvalue weighted by atomic mass is 9.91. The zero-order valence-corrected chi connectivity index (χ0v) is 22.7. The van der Waals surface area contributed by atoms with E-state index in [2.05, 4.69) is 19.1 Å². The number of hydrogen-bond acceptors (Lipinski definition) is 4. The molecule has 3 unspecified atom stereocenters. The number of rotatable bonds is 23. The fraction of sp³-hybridized carbons (Fsp3) is 0.821. The van der Waals surface area contributed by atoms with E-state index in [1.165, 1.54) is 0 Å². The van der Waals surface area contributed by atoms with Crippen LogP contribution in [0, 0.1) is 0 Å². The topological polar surface area (TPSA) is 115 Å². The van der Waals surface area contributed by atoms with Crippen LogP contribution in [-0.2, 0) is 14.4 Å². The molecule has 0 aliphatic heterocycles. The number of nitrogens with zero attached hydrogens (tertiary/aromatic N) is 1. The van der Waals surface area contributed by atoms with Crippen molar-refractivity contribution in [2.75, 3.05) is 6.54 Å². The second kappa shape index (κ2) is 19.3. The third-order valence-electron chi connectivity index (χ3n) is 7.06. The summed E-state index contributed by atoms with van der Waals surface area (Å²) >= 11 is 0. The van der Waals surface area contributed by atoms with Crippen LogP contribution in [0.3, 0.4) is 0 Å². The first-order valence-electron chi connectivity index (χ1n) is 13.9. The monoisotopic (exact) mass is 497 g/mol. The highest BCUT2D eigenvalue weighted by atomic mass is 16.4. The van der Waals surface area contributed by atoms with Gasteiger partial charge in [0.05, 0.1) is 12.5 Å². The molecule has 0 aromatic carbocycles. The Bertz CT molecular complexity index is 573. The van der Waals surface area contributed by atoms with Crippen LogP contribution >= 0.6 is 0 Å². The maximum absolute atomic E-state index is 12.5. The van der Waals surface area contributed by atoms with Gasteiger partial charge in [0.2, 0.25) is 0 Å². The fourth-order valence-electron chi connectivity index (χ4n) is 5.39. The molecule has 0 rings (SSSR count). The van der Waals surface area contributed by atoms with Crippen LogP contribution in [-0.4, -0.2) is 57.3 Å². The summed E-state index contributed by atoms with van der Waals surface area (Å²) in [5.41, 5.74) is 0. The number of carbonyl (C=O) groups excluding carboxylic acids is 1. The van der Waals surface area contributed by atoms with E-state index in [1.807, 2.05) is 20.8 Å². The molecule has 0 spiro atoms. The van der Waals surface area contributed by atoms with Crippen molar-refractivity contribution in [1.29, 1.82) is 0 Å². The summed E-state index contributed by atoms with van der Waals surface area (Å²) in [6.45, 7) is 7.94. The first-order valence-corrected chi connectivity index (χ1v) is 13.9. The molecule has 0 aromatic heterocycles. The Labute approximate surface area is 213 Å². The highest BCUT2D eigenvalue weighted by Gasteiger charge is 2.54. The van der Waals surface area contributed by atoms with Crippen LogP contribution in [0.5, 0.6) is 0 Å². The number of unbranched alkanes of at least 4 members (excludes halogenated alkanes) is 7. The van der Waals surface area contributed by atoms with Crippen LogP contribution in [0.2, 0.25) is 0 Å². The van der Waals surface area contributed by atoms with Gasteiger partial charge < -0.3 is 20.1 Å². The molecule has 0 heterocycles. The maximum atomic E-state index is 12.5. The van der Waals surface area contributed by atoms with Crippen molar-refractivity contribution < 1.29 is 34.2 Å². The standard InChI is InChI=1S/C28H51NO6/c1-5-9-10-11-12-13-14-15-16-17-18-22-29(23(19-6-2)26(30)31,24(20-7-3)27(32)33)25(21-8-4)28(34)35/h10-11,23-25H,5-9,12-22H2,1-4H3,(H2-,30,31,32,33,34,35)/b11-10+. The van der Waals surface area contributed by atoms with Crippen molar-refractivity contribution in [3.63, 3.8) is 0 Å². The van der Waals surface area contributed by atoms with Crippen LogP contribution in [0.25, 0.3) is 0 Å². The van der Waals surface area contributed by atoms with Gasteiger partial charge in [-0.25, -0.2) is 9.59 Å². The van der Waals surface area contributed by atoms with Gasteiger partial charge in [-0.05, 0) is 44.9 Å². The summed E-state index contributed by atoms with van der Waals surface area (Å²) in [4.78, 5) is 37.3. The summed E-state index contributed by atoms with van der Waals surface area (Å²) in [5, 5.41) is 32.8. The number of carboxylic acid groups (broad SMARTS) is 3. The average molecular weight is 498 g/mol. The average Bonchev–Trinajstić information content (AvgIpc) is 2.81. The summed E-state index contributed by atoms with van der Waals surface area (Å²) in [6.07, 6.45) is 15.8. The zero-order valence-electron chi connectivity index (χ0n) is 22.7. The molecule has 0 saturated carbocycles. The highest BCUT2D eigenvalue weighted by Crippen LogP contribution is 2.34. The van der Waals surface area contributed by atoms with E-state index < -0.39 is 40.5 Å². The van der Waals surface area contributed by atoms with E-state index in [0.29, 0.717) is 25.7 Å². The molecule has 7 nitrogen and oxygen atoms in total. The molecule has 0 saturated heterocycles. The molecule has 0 fully saturated rings. The quantitative estimate of drug-likeness (QED) is 0.112. The number of carbonyl (C=O) groups is 3. The normalized spacial score (nSPS) is 16.0. The Morgan fingerprint density at radius 3 is 1.51 bits per heavy atom. The van der Waals surface area contributed by atoms with Gasteiger partial charge >= 0.3 is 11.9 Å².